The Morgan fingerprint density at radius 3 is 3.14 bits per heavy atom. The smallest absolute Gasteiger partial charge is 0.231 e. The largest absolute Gasteiger partial charge is 0.395 e. The lowest BCUT2D eigenvalue weighted by molar-refractivity contribution is -0.139. The first-order chi connectivity index (χ1) is 10.7. The zero-order chi connectivity index (χ0) is 15.2. The van der Waals surface area contributed by atoms with Crippen LogP contribution in [0.4, 0.5) is 0 Å². The third-order valence-electron chi connectivity index (χ3n) is 5.09. The Morgan fingerprint density at radius 1 is 1.50 bits per heavy atom. The van der Waals surface area contributed by atoms with E-state index in [1.54, 1.807) is 6.20 Å². The number of likely N-dealkylation sites (tertiary alicyclic amines) is 1. The van der Waals surface area contributed by atoms with Crippen LogP contribution in [0.15, 0.2) is 18.3 Å². The molecule has 1 atom stereocenters. The lowest BCUT2D eigenvalue weighted by atomic mass is 9.92. The van der Waals surface area contributed by atoms with Crippen LogP contribution in [0, 0.1) is 5.41 Å². The number of carbonyl (C=O) groups excluding carboxylic acids is 1. The van der Waals surface area contributed by atoms with E-state index in [0.717, 1.165) is 49.0 Å². The fourth-order valence-corrected chi connectivity index (χ4v) is 3.50. The maximum Gasteiger partial charge on any atom is 0.231 e. The van der Waals surface area contributed by atoms with Crippen molar-refractivity contribution in [2.75, 3.05) is 19.7 Å². The van der Waals surface area contributed by atoms with Crippen molar-refractivity contribution in [1.29, 1.82) is 0 Å². The molecule has 2 fully saturated rings. The van der Waals surface area contributed by atoms with Gasteiger partial charge in [-0.15, -0.1) is 0 Å². The predicted molar refractivity (Wildman–Crippen MR) is 81.2 cm³/mol. The first-order valence-corrected chi connectivity index (χ1v) is 7.93. The summed E-state index contributed by atoms with van der Waals surface area (Å²) in [4.78, 5) is 18.8. The summed E-state index contributed by atoms with van der Waals surface area (Å²) < 4.78 is 0. The highest BCUT2D eigenvalue weighted by Crippen LogP contribution is 2.47. The molecule has 1 aliphatic heterocycles. The van der Waals surface area contributed by atoms with Gasteiger partial charge >= 0.3 is 0 Å². The minimum atomic E-state index is -0.473. The molecule has 116 valence electrons. The van der Waals surface area contributed by atoms with Gasteiger partial charge in [-0.1, -0.05) is 0 Å². The molecular formula is C16H20N4O2. The number of nitrogens with one attached hydrogen (secondary N) is 1. The van der Waals surface area contributed by atoms with Gasteiger partial charge in [-0.2, -0.15) is 5.10 Å². The number of aliphatic hydroxyl groups excluding tert-OH is 1. The third kappa shape index (κ3) is 2.09. The molecule has 4 rings (SSSR count). The van der Waals surface area contributed by atoms with Gasteiger partial charge in [-0.05, 0) is 37.8 Å². The standard InChI is InChI=1S/C16H20N4O2/c21-10-16(5-6-16)15(22)20-8-2-3-11(9-20)13-12-4-1-7-17-14(12)19-18-13/h1,4,7,11,21H,2-3,5-6,8-10H2,(H,17,18,19). The molecule has 2 aromatic heterocycles. The molecule has 1 saturated heterocycles. The molecule has 2 aliphatic rings. The number of H-pyrrole nitrogens is 1. The van der Waals surface area contributed by atoms with Gasteiger partial charge in [0.15, 0.2) is 5.65 Å². The number of fused-ring (bicyclic) bond motifs is 1. The normalized spacial score (nSPS) is 23.7. The summed E-state index contributed by atoms with van der Waals surface area (Å²) in [5.41, 5.74) is 1.34. The number of carbonyl (C=O) groups is 1. The Morgan fingerprint density at radius 2 is 2.36 bits per heavy atom. The van der Waals surface area contributed by atoms with E-state index in [0.29, 0.717) is 6.54 Å². The number of hydrogen-bond donors (Lipinski definition) is 2. The highest BCUT2D eigenvalue weighted by atomic mass is 16.3. The van der Waals surface area contributed by atoms with E-state index in [2.05, 4.69) is 15.2 Å². The number of aliphatic hydroxyl groups is 1. The second-order valence-corrected chi connectivity index (χ2v) is 6.54. The number of pyridine rings is 1. The van der Waals surface area contributed by atoms with Crippen molar-refractivity contribution in [3.63, 3.8) is 0 Å². The Labute approximate surface area is 128 Å². The van der Waals surface area contributed by atoms with Gasteiger partial charge in [0.1, 0.15) is 0 Å². The van der Waals surface area contributed by atoms with Gasteiger partial charge in [-0.25, -0.2) is 4.98 Å². The second kappa shape index (κ2) is 5.05. The van der Waals surface area contributed by atoms with E-state index in [1.165, 1.54) is 0 Å². The van der Waals surface area contributed by atoms with Gasteiger partial charge < -0.3 is 10.0 Å². The van der Waals surface area contributed by atoms with Gasteiger partial charge in [0.25, 0.3) is 0 Å². The summed E-state index contributed by atoms with van der Waals surface area (Å²) in [5.74, 6) is 0.392. The highest BCUT2D eigenvalue weighted by molar-refractivity contribution is 5.86. The molecule has 0 bridgehead atoms. The maximum atomic E-state index is 12.6. The van der Waals surface area contributed by atoms with Crippen LogP contribution < -0.4 is 0 Å². The molecule has 22 heavy (non-hydrogen) atoms. The predicted octanol–water partition coefficient (Wildman–Crippen LogP) is 1.44. The summed E-state index contributed by atoms with van der Waals surface area (Å²) in [7, 11) is 0. The minimum Gasteiger partial charge on any atom is -0.395 e. The van der Waals surface area contributed by atoms with E-state index in [4.69, 9.17) is 0 Å². The van der Waals surface area contributed by atoms with Crippen LogP contribution in [0.1, 0.15) is 37.3 Å². The van der Waals surface area contributed by atoms with Crippen molar-refractivity contribution in [2.24, 2.45) is 5.41 Å². The minimum absolute atomic E-state index is 0.0239. The molecule has 0 spiro atoms. The number of hydrogen-bond acceptors (Lipinski definition) is 4. The van der Waals surface area contributed by atoms with Crippen LogP contribution >= 0.6 is 0 Å². The highest BCUT2D eigenvalue weighted by Gasteiger charge is 2.51. The lowest BCUT2D eigenvalue weighted by Gasteiger charge is -2.34. The van der Waals surface area contributed by atoms with Crippen LogP contribution in [0.3, 0.4) is 0 Å². The van der Waals surface area contributed by atoms with Crippen LogP contribution in [-0.2, 0) is 4.79 Å². The molecule has 6 heteroatoms. The topological polar surface area (TPSA) is 82.1 Å². The Hall–Kier alpha value is -1.95. The number of aromatic amines is 1. The molecule has 1 aliphatic carbocycles. The molecule has 1 amide bonds. The molecule has 2 N–H and O–H groups in total. The molecular weight excluding hydrogens is 280 g/mol. The van der Waals surface area contributed by atoms with Crippen molar-refractivity contribution in [3.05, 3.63) is 24.0 Å². The quantitative estimate of drug-likeness (QED) is 0.898. The first-order valence-electron chi connectivity index (χ1n) is 7.93. The van der Waals surface area contributed by atoms with Crippen molar-refractivity contribution in [2.45, 2.75) is 31.6 Å². The molecule has 2 aromatic rings. The van der Waals surface area contributed by atoms with Crippen molar-refractivity contribution in [1.82, 2.24) is 20.1 Å². The van der Waals surface area contributed by atoms with E-state index in [1.807, 2.05) is 17.0 Å². The van der Waals surface area contributed by atoms with Gasteiger partial charge in [-0.3, -0.25) is 9.89 Å². The summed E-state index contributed by atoms with van der Waals surface area (Å²) in [6.07, 6.45) is 5.41. The molecule has 3 heterocycles. The second-order valence-electron chi connectivity index (χ2n) is 6.54. The maximum absolute atomic E-state index is 12.6. The lowest BCUT2D eigenvalue weighted by Crippen LogP contribution is -2.44. The molecule has 1 unspecified atom stereocenters. The van der Waals surface area contributed by atoms with E-state index < -0.39 is 5.41 Å². The van der Waals surface area contributed by atoms with E-state index in [-0.39, 0.29) is 18.4 Å². The molecule has 0 radical (unpaired) electrons. The summed E-state index contributed by atoms with van der Waals surface area (Å²) in [5, 5.41) is 17.9. The monoisotopic (exact) mass is 300 g/mol. The SMILES string of the molecule is O=C(N1CCCC(c2[nH]nc3ncccc23)C1)C1(CO)CC1. The van der Waals surface area contributed by atoms with Crippen LogP contribution in [0.2, 0.25) is 0 Å². The van der Waals surface area contributed by atoms with Gasteiger partial charge in [0, 0.05) is 36.3 Å². The van der Waals surface area contributed by atoms with Crippen molar-refractivity contribution < 1.29 is 9.90 Å². The Kier molecular flexibility index (Phi) is 3.14. The summed E-state index contributed by atoms with van der Waals surface area (Å²) in [6.45, 7) is 1.47. The van der Waals surface area contributed by atoms with Crippen molar-refractivity contribution in [3.8, 4) is 0 Å². The average molecular weight is 300 g/mol. The zero-order valence-corrected chi connectivity index (χ0v) is 12.5. The van der Waals surface area contributed by atoms with Crippen molar-refractivity contribution >= 4 is 16.9 Å². The summed E-state index contributed by atoms with van der Waals surface area (Å²) in [6, 6.07) is 3.94. The number of aromatic nitrogens is 3. The first kappa shape index (κ1) is 13.7. The number of rotatable bonds is 3. The molecule has 6 nitrogen and oxygen atoms in total. The Bertz CT molecular complexity index is 707. The zero-order valence-electron chi connectivity index (χ0n) is 12.5. The van der Waals surface area contributed by atoms with Crippen LogP contribution in [0.25, 0.3) is 11.0 Å². The number of piperidine rings is 1. The molecule has 0 aromatic carbocycles. The molecule has 1 saturated carbocycles. The number of amides is 1. The third-order valence-corrected chi connectivity index (χ3v) is 5.09. The number of nitrogens with zero attached hydrogens (tertiary/aromatic N) is 3. The van der Waals surface area contributed by atoms with Gasteiger partial charge in [0.2, 0.25) is 5.91 Å². The van der Waals surface area contributed by atoms with E-state index >= 15 is 0 Å². The van der Waals surface area contributed by atoms with Crippen LogP contribution in [0.5, 0.6) is 0 Å². The summed E-state index contributed by atoms with van der Waals surface area (Å²) >= 11 is 0. The Balaban J connectivity index is 1.57. The fraction of sp³-hybridized carbons (Fsp3) is 0.562. The van der Waals surface area contributed by atoms with Crippen LogP contribution in [-0.4, -0.2) is 50.8 Å². The van der Waals surface area contributed by atoms with E-state index in [9.17, 15) is 9.90 Å². The van der Waals surface area contributed by atoms with Gasteiger partial charge in [0.05, 0.1) is 12.0 Å². The fourth-order valence-electron chi connectivity index (χ4n) is 3.50. The average Bonchev–Trinajstić information content (AvgIpc) is 3.26.